The van der Waals surface area contributed by atoms with Gasteiger partial charge in [0.05, 0.1) is 12.6 Å². The minimum absolute atomic E-state index is 0.0577. The average molecular weight is 532 g/mol. The zero-order chi connectivity index (χ0) is 23.8. The molecule has 0 saturated carbocycles. The molecule has 0 atom stereocenters. The van der Waals surface area contributed by atoms with Gasteiger partial charge in [-0.25, -0.2) is 5.43 Å². The predicted molar refractivity (Wildman–Crippen MR) is 134 cm³/mol. The van der Waals surface area contributed by atoms with Crippen LogP contribution in [0.5, 0.6) is 11.5 Å². The van der Waals surface area contributed by atoms with Crippen molar-refractivity contribution in [2.45, 2.75) is 32.6 Å². The van der Waals surface area contributed by atoms with Gasteiger partial charge in [0.15, 0.2) is 0 Å². The minimum atomic E-state index is -0.314. The summed E-state index contributed by atoms with van der Waals surface area (Å²) >= 11 is 4.61. The van der Waals surface area contributed by atoms with Crippen molar-refractivity contribution in [1.82, 2.24) is 15.6 Å². The van der Waals surface area contributed by atoms with Crippen molar-refractivity contribution in [2.75, 3.05) is 18.9 Å². The molecule has 1 aromatic heterocycles. The van der Waals surface area contributed by atoms with Crippen LogP contribution in [0.3, 0.4) is 0 Å². The van der Waals surface area contributed by atoms with Gasteiger partial charge in [-0.1, -0.05) is 60.2 Å². The number of carbonyl (C=O) groups is 1. The first kappa shape index (κ1) is 24.7. The van der Waals surface area contributed by atoms with Crippen molar-refractivity contribution >= 4 is 44.5 Å². The number of rotatable bonds is 9. The number of nitrogen functional groups attached to an aromatic ring is 1. The first-order chi connectivity index (χ1) is 15.7. The molecule has 0 aliphatic carbocycles. The maximum atomic E-state index is 12.0. The molecule has 174 valence electrons. The Morgan fingerprint density at radius 3 is 2.55 bits per heavy atom. The molecule has 0 bridgehead atoms. The Balaban J connectivity index is 1.50. The fraction of sp³-hybridized carbons (Fsp3) is 0.304. The van der Waals surface area contributed by atoms with Gasteiger partial charge in [0, 0.05) is 10.0 Å². The maximum Gasteiger partial charge on any atom is 0.247 e. The Labute approximate surface area is 205 Å². The predicted octanol–water partition coefficient (Wildman–Crippen LogP) is 4.33. The van der Waals surface area contributed by atoms with Crippen molar-refractivity contribution in [3.63, 3.8) is 0 Å². The van der Waals surface area contributed by atoms with E-state index < -0.39 is 0 Å². The second kappa shape index (κ2) is 11.2. The Kier molecular flexibility index (Phi) is 8.40. The Bertz CT molecular complexity index is 1110. The molecule has 0 saturated heterocycles. The van der Waals surface area contributed by atoms with Crippen LogP contribution < -0.4 is 20.6 Å². The fourth-order valence-electron chi connectivity index (χ4n) is 2.80. The number of hydrogen-bond donors (Lipinski definition) is 2. The molecule has 0 unspecified atom stereocenters. The molecular weight excluding hydrogens is 506 g/mol. The number of nitrogens with two attached hydrogens (primary N) is 1. The number of benzene rings is 2. The summed E-state index contributed by atoms with van der Waals surface area (Å²) in [6, 6.07) is 13.6. The molecule has 0 fully saturated rings. The topological polar surface area (TPSA) is 112 Å². The second-order valence-corrected chi connectivity index (χ2v) is 10.2. The van der Waals surface area contributed by atoms with Crippen LogP contribution >= 0.6 is 27.3 Å². The number of halogens is 1. The van der Waals surface area contributed by atoms with Crippen molar-refractivity contribution in [1.29, 1.82) is 0 Å². The van der Waals surface area contributed by atoms with E-state index in [0.717, 1.165) is 10.2 Å². The molecule has 3 aromatic rings. The highest BCUT2D eigenvalue weighted by atomic mass is 79.9. The van der Waals surface area contributed by atoms with Crippen LogP contribution in [-0.4, -0.2) is 35.5 Å². The lowest BCUT2D eigenvalue weighted by molar-refractivity contribution is -0.120. The third-order valence-corrected chi connectivity index (χ3v) is 5.73. The first-order valence-corrected chi connectivity index (χ1v) is 11.9. The molecule has 33 heavy (non-hydrogen) atoms. The summed E-state index contributed by atoms with van der Waals surface area (Å²) in [4.78, 5) is 12.0. The largest absolute Gasteiger partial charge is 0.490 e. The fourth-order valence-corrected chi connectivity index (χ4v) is 3.79. The van der Waals surface area contributed by atoms with E-state index in [1.807, 2.05) is 30.3 Å². The lowest BCUT2D eigenvalue weighted by Gasteiger charge is -2.19. The second-order valence-electron chi connectivity index (χ2n) is 8.16. The first-order valence-electron chi connectivity index (χ1n) is 10.3. The van der Waals surface area contributed by atoms with Gasteiger partial charge in [-0.2, -0.15) is 5.10 Å². The SMILES string of the molecule is CC(C)(C)c1ccc(OCCOc2ccc(Br)cc2/C=N\NC(=O)Cc2nnc(N)s2)cc1. The van der Waals surface area contributed by atoms with E-state index in [-0.39, 0.29) is 17.7 Å². The van der Waals surface area contributed by atoms with Crippen molar-refractivity contribution < 1.29 is 14.3 Å². The van der Waals surface area contributed by atoms with Crippen molar-refractivity contribution in [3.05, 3.63) is 63.1 Å². The van der Waals surface area contributed by atoms with Crippen LogP contribution in [0.15, 0.2) is 52.0 Å². The Morgan fingerprint density at radius 1 is 1.15 bits per heavy atom. The lowest BCUT2D eigenvalue weighted by atomic mass is 9.87. The smallest absolute Gasteiger partial charge is 0.247 e. The molecule has 10 heteroatoms. The normalized spacial score (nSPS) is 11.5. The average Bonchev–Trinajstić information content (AvgIpc) is 3.16. The van der Waals surface area contributed by atoms with Crippen LogP contribution in [-0.2, 0) is 16.6 Å². The quantitative estimate of drug-likeness (QED) is 0.241. The molecule has 2 aromatic carbocycles. The van der Waals surface area contributed by atoms with Gasteiger partial charge >= 0.3 is 0 Å². The molecule has 0 spiro atoms. The standard InChI is InChI=1S/C23H26BrN5O3S/c1-23(2,3)16-4-7-18(8-5-16)31-10-11-32-19-9-6-17(24)12-15(19)14-26-27-20(30)13-21-28-29-22(25)33-21/h4-9,12,14H,10-11,13H2,1-3H3,(H2,25,29)(H,27,30)/b26-14-. The van der Waals surface area contributed by atoms with Gasteiger partial charge in [-0.15, -0.1) is 10.2 Å². The summed E-state index contributed by atoms with van der Waals surface area (Å²) in [5.74, 6) is 1.11. The number of hydrogen-bond acceptors (Lipinski definition) is 8. The Hall–Kier alpha value is -2.98. The number of anilines is 1. The van der Waals surface area contributed by atoms with E-state index in [0.29, 0.717) is 34.7 Å². The third-order valence-electron chi connectivity index (χ3n) is 4.49. The summed E-state index contributed by atoms with van der Waals surface area (Å²) in [6.07, 6.45) is 1.58. The maximum absolute atomic E-state index is 12.0. The monoisotopic (exact) mass is 531 g/mol. The van der Waals surface area contributed by atoms with E-state index >= 15 is 0 Å². The molecule has 0 aliphatic heterocycles. The molecule has 1 amide bonds. The van der Waals surface area contributed by atoms with Gasteiger partial charge in [0.1, 0.15) is 29.7 Å². The number of amides is 1. The van der Waals surface area contributed by atoms with Gasteiger partial charge in [-0.3, -0.25) is 4.79 Å². The van der Waals surface area contributed by atoms with Gasteiger partial charge < -0.3 is 15.2 Å². The minimum Gasteiger partial charge on any atom is -0.490 e. The summed E-state index contributed by atoms with van der Waals surface area (Å²) in [7, 11) is 0. The van der Waals surface area contributed by atoms with Crippen LogP contribution in [0.2, 0.25) is 0 Å². The molecule has 3 rings (SSSR count). The molecule has 1 heterocycles. The molecular formula is C23H26BrN5O3S. The molecule has 0 aliphatic rings. The van der Waals surface area contributed by atoms with E-state index in [1.54, 1.807) is 0 Å². The highest BCUT2D eigenvalue weighted by molar-refractivity contribution is 9.10. The number of aromatic nitrogens is 2. The summed E-state index contributed by atoms with van der Waals surface area (Å²) in [5.41, 5.74) is 10.1. The number of carbonyl (C=O) groups excluding carboxylic acids is 1. The lowest BCUT2D eigenvalue weighted by Crippen LogP contribution is -2.19. The van der Waals surface area contributed by atoms with Crippen LogP contribution in [0.1, 0.15) is 36.9 Å². The Morgan fingerprint density at radius 2 is 1.88 bits per heavy atom. The van der Waals surface area contributed by atoms with E-state index in [4.69, 9.17) is 15.2 Å². The number of nitrogens with one attached hydrogen (secondary N) is 1. The zero-order valence-electron chi connectivity index (χ0n) is 18.7. The highest BCUT2D eigenvalue weighted by Gasteiger charge is 2.13. The van der Waals surface area contributed by atoms with Crippen molar-refractivity contribution in [2.24, 2.45) is 5.10 Å². The van der Waals surface area contributed by atoms with Crippen molar-refractivity contribution in [3.8, 4) is 11.5 Å². The van der Waals surface area contributed by atoms with Gasteiger partial charge in [-0.05, 0) is 41.3 Å². The van der Waals surface area contributed by atoms with Gasteiger partial charge in [0.25, 0.3) is 0 Å². The van der Waals surface area contributed by atoms with Crippen LogP contribution in [0.4, 0.5) is 5.13 Å². The molecule has 0 radical (unpaired) electrons. The molecule has 3 N–H and O–H groups in total. The summed E-state index contributed by atoms with van der Waals surface area (Å²) in [6.45, 7) is 7.28. The molecule has 8 nitrogen and oxygen atoms in total. The number of ether oxygens (including phenoxy) is 2. The van der Waals surface area contributed by atoms with Crippen LogP contribution in [0.25, 0.3) is 0 Å². The van der Waals surface area contributed by atoms with E-state index in [9.17, 15) is 4.79 Å². The third kappa shape index (κ3) is 7.83. The summed E-state index contributed by atoms with van der Waals surface area (Å²) < 4.78 is 12.5. The number of hydrazone groups is 1. The van der Waals surface area contributed by atoms with Crippen LogP contribution in [0, 0.1) is 0 Å². The summed E-state index contributed by atoms with van der Waals surface area (Å²) in [5, 5.41) is 12.4. The zero-order valence-corrected chi connectivity index (χ0v) is 21.1. The van der Waals surface area contributed by atoms with Gasteiger partial charge in [0.2, 0.25) is 11.0 Å². The van der Waals surface area contributed by atoms with E-state index in [1.165, 1.54) is 23.1 Å². The number of nitrogens with zero attached hydrogens (tertiary/aromatic N) is 3. The van der Waals surface area contributed by atoms with E-state index in [2.05, 4.69) is 69.6 Å². The highest BCUT2D eigenvalue weighted by Crippen LogP contribution is 2.25.